The Morgan fingerprint density at radius 1 is 1.75 bits per heavy atom. The van der Waals surface area contributed by atoms with E-state index in [4.69, 9.17) is 4.18 Å². The zero-order chi connectivity index (χ0) is 6.41. The Bertz CT molecular complexity index is 74.4. The highest BCUT2D eigenvalue weighted by molar-refractivity contribution is 8.80. The van der Waals surface area contributed by atoms with Crippen molar-refractivity contribution in [3.63, 3.8) is 0 Å². The molecule has 0 aromatic heterocycles. The van der Waals surface area contributed by atoms with Gasteiger partial charge in [-0.05, 0) is 6.92 Å². The number of hydrogen-bond donors (Lipinski definition) is 0. The van der Waals surface area contributed by atoms with Gasteiger partial charge in [0.1, 0.15) is 0 Å². The SMILES string of the molecule is CCOSSC(C)=O. The second kappa shape index (κ2) is 5.47. The summed E-state index contributed by atoms with van der Waals surface area (Å²) in [6.45, 7) is 4.04. The van der Waals surface area contributed by atoms with Gasteiger partial charge in [-0.25, -0.2) is 0 Å². The van der Waals surface area contributed by atoms with E-state index in [1.54, 1.807) is 0 Å². The van der Waals surface area contributed by atoms with Gasteiger partial charge in [-0.1, -0.05) is 0 Å². The van der Waals surface area contributed by atoms with Gasteiger partial charge in [0, 0.05) is 17.7 Å². The molecule has 8 heavy (non-hydrogen) atoms. The van der Waals surface area contributed by atoms with E-state index in [9.17, 15) is 4.79 Å². The second-order valence-corrected chi connectivity index (χ2v) is 3.07. The maximum absolute atomic E-state index is 10.2. The monoisotopic (exact) mass is 152 g/mol. The third kappa shape index (κ3) is 6.33. The summed E-state index contributed by atoms with van der Waals surface area (Å²) in [7, 11) is 1.11. The lowest BCUT2D eigenvalue weighted by Gasteiger charge is -1.91. The maximum atomic E-state index is 10.2. The van der Waals surface area contributed by atoms with Crippen LogP contribution in [-0.2, 0) is 8.98 Å². The van der Waals surface area contributed by atoms with Gasteiger partial charge < -0.3 is 4.18 Å². The van der Waals surface area contributed by atoms with Crippen molar-refractivity contribution in [1.82, 2.24) is 0 Å². The molecule has 0 bridgehead atoms. The summed E-state index contributed by atoms with van der Waals surface area (Å²) in [5, 5.41) is 0.0726. The molecule has 0 aliphatic heterocycles. The van der Waals surface area contributed by atoms with Crippen molar-refractivity contribution < 1.29 is 8.98 Å². The Labute approximate surface area is 57.0 Å². The van der Waals surface area contributed by atoms with Crippen LogP contribution < -0.4 is 0 Å². The summed E-state index contributed by atoms with van der Waals surface area (Å²) in [6.07, 6.45) is 0. The lowest BCUT2D eigenvalue weighted by atomic mass is 10.9. The first-order chi connectivity index (χ1) is 3.77. The fraction of sp³-hybridized carbons (Fsp3) is 0.750. The van der Waals surface area contributed by atoms with Crippen LogP contribution >= 0.6 is 21.9 Å². The standard InChI is InChI=1S/C4H8O2S2/c1-3-6-8-7-4(2)5/h3H2,1-2H3. The van der Waals surface area contributed by atoms with E-state index in [-0.39, 0.29) is 5.12 Å². The number of carbonyl (C=O) groups excluding carboxylic acids is 1. The second-order valence-electron chi connectivity index (χ2n) is 1.05. The lowest BCUT2D eigenvalue weighted by Crippen LogP contribution is -1.77. The molecule has 0 spiro atoms. The highest BCUT2D eigenvalue weighted by Gasteiger charge is 1.92. The quantitative estimate of drug-likeness (QED) is 0.350. The summed E-state index contributed by atoms with van der Waals surface area (Å²) in [5.41, 5.74) is 0. The van der Waals surface area contributed by atoms with E-state index in [1.165, 1.54) is 6.92 Å². The molecule has 0 aliphatic carbocycles. The minimum atomic E-state index is 0.0726. The third-order valence-corrected chi connectivity index (χ3v) is 2.15. The first-order valence-corrected chi connectivity index (χ1v) is 4.31. The highest BCUT2D eigenvalue weighted by Crippen LogP contribution is 2.21. The van der Waals surface area contributed by atoms with Crippen LogP contribution in [0.4, 0.5) is 0 Å². The van der Waals surface area contributed by atoms with E-state index in [2.05, 4.69) is 0 Å². The van der Waals surface area contributed by atoms with Gasteiger partial charge in [-0.2, -0.15) is 0 Å². The molecule has 0 radical (unpaired) electrons. The van der Waals surface area contributed by atoms with Gasteiger partial charge in [-0.3, -0.25) is 4.79 Å². The molecule has 0 saturated heterocycles. The molecule has 0 N–H and O–H groups in total. The van der Waals surface area contributed by atoms with Gasteiger partial charge in [0.2, 0.25) is 0 Å². The number of hydrogen-bond acceptors (Lipinski definition) is 4. The molecule has 2 nitrogen and oxygen atoms in total. The van der Waals surface area contributed by atoms with Crippen molar-refractivity contribution >= 4 is 27.0 Å². The van der Waals surface area contributed by atoms with Crippen LogP contribution in [0.15, 0.2) is 0 Å². The molecule has 0 amide bonds. The minimum absolute atomic E-state index is 0.0726. The Hall–Kier alpha value is 0.330. The fourth-order valence-electron chi connectivity index (χ4n) is 0.120. The summed E-state index contributed by atoms with van der Waals surface area (Å²) in [5.74, 6) is 0. The van der Waals surface area contributed by atoms with Crippen LogP contribution in [0.1, 0.15) is 13.8 Å². The molecule has 0 fully saturated rings. The molecule has 0 atom stereocenters. The van der Waals surface area contributed by atoms with E-state index >= 15 is 0 Å². The van der Waals surface area contributed by atoms with Crippen LogP contribution in [0.2, 0.25) is 0 Å². The average molecular weight is 152 g/mol. The number of carbonyl (C=O) groups is 1. The van der Waals surface area contributed by atoms with Gasteiger partial charge in [0.05, 0.1) is 17.7 Å². The van der Waals surface area contributed by atoms with Crippen LogP contribution in [0.3, 0.4) is 0 Å². The van der Waals surface area contributed by atoms with E-state index in [0.717, 1.165) is 21.9 Å². The van der Waals surface area contributed by atoms with Crippen molar-refractivity contribution in [2.45, 2.75) is 13.8 Å². The molecule has 0 saturated carbocycles. The van der Waals surface area contributed by atoms with Crippen LogP contribution in [-0.4, -0.2) is 11.7 Å². The van der Waals surface area contributed by atoms with E-state index in [1.807, 2.05) is 6.92 Å². The normalized spacial score (nSPS) is 9.25. The molecule has 0 heterocycles. The van der Waals surface area contributed by atoms with Gasteiger partial charge >= 0.3 is 0 Å². The Morgan fingerprint density at radius 2 is 2.38 bits per heavy atom. The molecule has 0 aromatic carbocycles. The number of rotatable bonds is 3. The molecule has 0 rings (SSSR count). The molecule has 0 unspecified atom stereocenters. The Morgan fingerprint density at radius 3 is 2.75 bits per heavy atom. The van der Waals surface area contributed by atoms with Crippen molar-refractivity contribution in [2.75, 3.05) is 6.61 Å². The third-order valence-electron chi connectivity index (χ3n) is 0.317. The zero-order valence-electron chi connectivity index (χ0n) is 4.84. The Kier molecular flexibility index (Phi) is 5.69. The van der Waals surface area contributed by atoms with Crippen molar-refractivity contribution in [3.8, 4) is 0 Å². The molecule has 4 heteroatoms. The van der Waals surface area contributed by atoms with Gasteiger partial charge in [0.15, 0.2) is 5.12 Å². The molecular weight excluding hydrogens is 144 g/mol. The van der Waals surface area contributed by atoms with Gasteiger partial charge in [0.25, 0.3) is 0 Å². The van der Waals surface area contributed by atoms with Crippen LogP contribution in [0.5, 0.6) is 0 Å². The first-order valence-electron chi connectivity index (χ1n) is 2.24. The predicted molar refractivity (Wildman–Crippen MR) is 37.5 cm³/mol. The zero-order valence-corrected chi connectivity index (χ0v) is 6.47. The van der Waals surface area contributed by atoms with Crippen LogP contribution in [0.25, 0.3) is 0 Å². The molecular formula is C4H8O2S2. The van der Waals surface area contributed by atoms with E-state index < -0.39 is 0 Å². The summed E-state index contributed by atoms with van der Waals surface area (Å²) in [6, 6.07) is 0. The van der Waals surface area contributed by atoms with Crippen molar-refractivity contribution in [1.29, 1.82) is 0 Å². The molecule has 48 valence electrons. The molecule has 0 aliphatic rings. The van der Waals surface area contributed by atoms with Crippen LogP contribution in [0, 0.1) is 0 Å². The van der Waals surface area contributed by atoms with Gasteiger partial charge in [-0.15, -0.1) is 0 Å². The fourth-order valence-corrected chi connectivity index (χ4v) is 1.08. The highest BCUT2D eigenvalue weighted by atomic mass is 33.1. The molecule has 0 aromatic rings. The largest absolute Gasteiger partial charge is 0.305 e. The minimum Gasteiger partial charge on any atom is -0.305 e. The van der Waals surface area contributed by atoms with Crippen molar-refractivity contribution in [2.24, 2.45) is 0 Å². The van der Waals surface area contributed by atoms with Crippen molar-refractivity contribution in [3.05, 3.63) is 0 Å². The summed E-state index contributed by atoms with van der Waals surface area (Å²) >= 11 is 1.13. The summed E-state index contributed by atoms with van der Waals surface area (Å²) < 4.78 is 4.80. The topological polar surface area (TPSA) is 26.3 Å². The predicted octanol–water partition coefficient (Wildman–Crippen LogP) is 1.87. The maximum Gasteiger partial charge on any atom is 0.198 e. The summed E-state index contributed by atoms with van der Waals surface area (Å²) in [4.78, 5) is 10.2. The Balaban J connectivity index is 2.82. The smallest absolute Gasteiger partial charge is 0.198 e. The first kappa shape index (κ1) is 8.33. The average Bonchev–Trinajstić information content (AvgIpc) is 1.66. The van der Waals surface area contributed by atoms with E-state index in [0.29, 0.717) is 6.61 Å². The lowest BCUT2D eigenvalue weighted by molar-refractivity contribution is -0.109.